The number of nitrogens with two attached hydrogens (primary N) is 1. The highest BCUT2D eigenvalue weighted by molar-refractivity contribution is 8.00. The van der Waals surface area contributed by atoms with Crippen LogP contribution >= 0.6 is 11.8 Å². The van der Waals surface area contributed by atoms with Crippen LogP contribution in [0.15, 0.2) is 29.2 Å². The minimum absolute atomic E-state index is 0.588. The van der Waals surface area contributed by atoms with Crippen LogP contribution < -0.4 is 5.73 Å². The molecule has 1 saturated heterocycles. The van der Waals surface area contributed by atoms with Gasteiger partial charge in [-0.15, -0.1) is 11.8 Å². The van der Waals surface area contributed by atoms with Crippen molar-refractivity contribution in [2.45, 2.75) is 16.6 Å². The number of hydrogen-bond acceptors (Lipinski definition) is 3. The molecule has 2 rings (SSSR count). The average molecular weight is 195 g/mol. The van der Waals surface area contributed by atoms with Gasteiger partial charge in [-0.2, -0.15) is 0 Å². The number of anilines is 1. The lowest BCUT2D eigenvalue weighted by atomic mass is 10.3. The zero-order valence-electron chi connectivity index (χ0n) is 7.40. The SMILES string of the molecule is Nc1ccccc1SC1CCOC1. The summed E-state index contributed by atoms with van der Waals surface area (Å²) in [5.74, 6) is 0. The van der Waals surface area contributed by atoms with E-state index in [1.807, 2.05) is 30.0 Å². The topological polar surface area (TPSA) is 35.2 Å². The molecule has 0 aromatic heterocycles. The largest absolute Gasteiger partial charge is 0.398 e. The van der Waals surface area contributed by atoms with Crippen LogP contribution in [0.5, 0.6) is 0 Å². The Bertz CT molecular complexity index is 284. The Morgan fingerprint density at radius 3 is 2.92 bits per heavy atom. The highest BCUT2D eigenvalue weighted by Gasteiger charge is 2.17. The normalized spacial score (nSPS) is 22.0. The summed E-state index contributed by atoms with van der Waals surface area (Å²) in [6.45, 7) is 1.75. The molecular formula is C10H13NOS. The van der Waals surface area contributed by atoms with E-state index in [1.54, 1.807) is 0 Å². The second-order valence-electron chi connectivity index (χ2n) is 3.14. The van der Waals surface area contributed by atoms with Crippen LogP contribution in [0.2, 0.25) is 0 Å². The third-order valence-corrected chi connectivity index (χ3v) is 3.43. The maximum absolute atomic E-state index is 5.84. The molecule has 0 amide bonds. The van der Waals surface area contributed by atoms with Gasteiger partial charge in [0.2, 0.25) is 0 Å². The number of nitrogen functional groups attached to an aromatic ring is 1. The first-order valence-electron chi connectivity index (χ1n) is 4.45. The first-order chi connectivity index (χ1) is 6.36. The number of ether oxygens (including phenoxy) is 1. The molecule has 1 aliphatic rings. The quantitative estimate of drug-likeness (QED) is 0.734. The van der Waals surface area contributed by atoms with Gasteiger partial charge in [0, 0.05) is 22.4 Å². The highest BCUT2D eigenvalue weighted by atomic mass is 32.2. The second kappa shape index (κ2) is 4.03. The summed E-state index contributed by atoms with van der Waals surface area (Å²) in [5, 5.41) is 0.588. The summed E-state index contributed by atoms with van der Waals surface area (Å²) in [6, 6.07) is 8.00. The Kier molecular flexibility index (Phi) is 2.76. The van der Waals surface area contributed by atoms with Gasteiger partial charge in [-0.05, 0) is 18.6 Å². The van der Waals surface area contributed by atoms with Gasteiger partial charge in [0.1, 0.15) is 0 Å². The minimum atomic E-state index is 0.588. The van der Waals surface area contributed by atoms with Crippen LogP contribution in [-0.4, -0.2) is 18.5 Å². The molecule has 0 aliphatic carbocycles. The summed E-state index contributed by atoms with van der Waals surface area (Å²) in [4.78, 5) is 1.18. The van der Waals surface area contributed by atoms with Crippen molar-refractivity contribution in [3.63, 3.8) is 0 Å². The van der Waals surface area contributed by atoms with Gasteiger partial charge in [-0.25, -0.2) is 0 Å². The molecule has 1 aromatic carbocycles. The van der Waals surface area contributed by atoms with Crippen LogP contribution in [0, 0.1) is 0 Å². The minimum Gasteiger partial charge on any atom is -0.398 e. The van der Waals surface area contributed by atoms with Gasteiger partial charge in [0.15, 0.2) is 0 Å². The molecule has 1 fully saturated rings. The molecule has 0 spiro atoms. The summed E-state index contributed by atoms with van der Waals surface area (Å²) in [5.41, 5.74) is 6.71. The van der Waals surface area contributed by atoms with Crippen LogP contribution in [0.4, 0.5) is 5.69 Å². The molecule has 2 nitrogen and oxygen atoms in total. The Labute approximate surface area is 82.5 Å². The van der Waals surface area contributed by atoms with Gasteiger partial charge >= 0.3 is 0 Å². The third-order valence-electron chi connectivity index (χ3n) is 2.10. The maximum Gasteiger partial charge on any atom is 0.0589 e. The van der Waals surface area contributed by atoms with E-state index in [4.69, 9.17) is 10.5 Å². The third kappa shape index (κ3) is 2.17. The molecule has 1 aliphatic heterocycles. The zero-order chi connectivity index (χ0) is 9.10. The van der Waals surface area contributed by atoms with E-state index < -0.39 is 0 Å². The summed E-state index contributed by atoms with van der Waals surface area (Å²) >= 11 is 1.83. The molecule has 2 N–H and O–H groups in total. The van der Waals surface area contributed by atoms with E-state index in [-0.39, 0.29) is 0 Å². The van der Waals surface area contributed by atoms with Gasteiger partial charge in [-0.1, -0.05) is 12.1 Å². The molecule has 70 valence electrons. The Hall–Kier alpha value is -0.670. The lowest BCUT2D eigenvalue weighted by Crippen LogP contribution is -2.01. The Morgan fingerprint density at radius 2 is 2.23 bits per heavy atom. The molecule has 1 aromatic rings. The molecule has 0 saturated carbocycles. The molecule has 0 bridgehead atoms. The molecule has 1 unspecified atom stereocenters. The predicted molar refractivity (Wildman–Crippen MR) is 55.9 cm³/mol. The van der Waals surface area contributed by atoms with Crippen LogP contribution in [0.25, 0.3) is 0 Å². The average Bonchev–Trinajstić information content (AvgIpc) is 2.61. The number of para-hydroxylation sites is 1. The van der Waals surface area contributed by atoms with Crippen molar-refractivity contribution in [1.82, 2.24) is 0 Å². The van der Waals surface area contributed by atoms with Gasteiger partial charge in [0.05, 0.1) is 6.61 Å². The Morgan fingerprint density at radius 1 is 1.38 bits per heavy atom. The zero-order valence-corrected chi connectivity index (χ0v) is 8.22. The van der Waals surface area contributed by atoms with Crippen molar-refractivity contribution < 1.29 is 4.74 Å². The highest BCUT2D eigenvalue weighted by Crippen LogP contribution is 2.31. The smallest absolute Gasteiger partial charge is 0.0589 e. The van der Waals surface area contributed by atoms with E-state index >= 15 is 0 Å². The monoisotopic (exact) mass is 195 g/mol. The van der Waals surface area contributed by atoms with Crippen molar-refractivity contribution in [3.8, 4) is 0 Å². The number of thioether (sulfide) groups is 1. The summed E-state index contributed by atoms with van der Waals surface area (Å²) in [7, 11) is 0. The number of rotatable bonds is 2. The van der Waals surface area contributed by atoms with Crippen molar-refractivity contribution in [2.75, 3.05) is 18.9 Å². The number of hydrogen-bond donors (Lipinski definition) is 1. The second-order valence-corrected chi connectivity index (χ2v) is 4.48. The van der Waals surface area contributed by atoms with Crippen molar-refractivity contribution in [2.24, 2.45) is 0 Å². The van der Waals surface area contributed by atoms with E-state index in [0.29, 0.717) is 5.25 Å². The van der Waals surface area contributed by atoms with Crippen LogP contribution in [0.1, 0.15) is 6.42 Å². The maximum atomic E-state index is 5.84. The first kappa shape index (κ1) is 8.91. The van der Waals surface area contributed by atoms with Gasteiger partial charge in [-0.3, -0.25) is 0 Å². The molecule has 0 radical (unpaired) electrons. The fourth-order valence-corrected chi connectivity index (χ4v) is 2.47. The standard InChI is InChI=1S/C10H13NOS/c11-9-3-1-2-4-10(9)13-8-5-6-12-7-8/h1-4,8H,5-7,11H2. The van der Waals surface area contributed by atoms with E-state index in [9.17, 15) is 0 Å². The number of benzene rings is 1. The van der Waals surface area contributed by atoms with Crippen molar-refractivity contribution in [3.05, 3.63) is 24.3 Å². The van der Waals surface area contributed by atoms with Crippen LogP contribution in [-0.2, 0) is 4.74 Å². The van der Waals surface area contributed by atoms with E-state index in [1.165, 1.54) is 4.90 Å². The van der Waals surface area contributed by atoms with Crippen molar-refractivity contribution >= 4 is 17.4 Å². The fraction of sp³-hybridized carbons (Fsp3) is 0.400. The first-order valence-corrected chi connectivity index (χ1v) is 5.33. The van der Waals surface area contributed by atoms with E-state index in [0.717, 1.165) is 25.3 Å². The van der Waals surface area contributed by atoms with E-state index in [2.05, 4.69) is 6.07 Å². The van der Waals surface area contributed by atoms with Gasteiger partial charge < -0.3 is 10.5 Å². The predicted octanol–water partition coefficient (Wildman–Crippen LogP) is 2.15. The summed E-state index contributed by atoms with van der Waals surface area (Å²) < 4.78 is 5.31. The molecule has 1 atom stereocenters. The van der Waals surface area contributed by atoms with Gasteiger partial charge in [0.25, 0.3) is 0 Å². The Balaban J connectivity index is 2.04. The fourth-order valence-electron chi connectivity index (χ4n) is 1.37. The summed E-state index contributed by atoms with van der Waals surface area (Å²) in [6.07, 6.45) is 1.14. The lowest BCUT2D eigenvalue weighted by molar-refractivity contribution is 0.199. The molecule has 3 heteroatoms. The molecule has 13 heavy (non-hydrogen) atoms. The molecular weight excluding hydrogens is 182 g/mol. The lowest BCUT2D eigenvalue weighted by Gasteiger charge is -2.08. The molecule has 1 heterocycles. The van der Waals surface area contributed by atoms with Crippen LogP contribution in [0.3, 0.4) is 0 Å². The van der Waals surface area contributed by atoms with Crippen molar-refractivity contribution in [1.29, 1.82) is 0 Å².